The molecule has 1 aromatic rings. The van der Waals surface area contributed by atoms with E-state index < -0.39 is 6.04 Å². The van der Waals surface area contributed by atoms with Gasteiger partial charge >= 0.3 is 0 Å². The Labute approximate surface area is 77.8 Å². The topological polar surface area (TPSA) is 43.1 Å². The number of aldehydes is 1. The van der Waals surface area contributed by atoms with Gasteiger partial charge in [-0.15, -0.1) is 0 Å². The van der Waals surface area contributed by atoms with Crippen molar-refractivity contribution in [2.75, 3.05) is 0 Å². The number of fused-ring (bicyclic) bond motifs is 1. The summed E-state index contributed by atoms with van der Waals surface area (Å²) in [5.74, 6) is 0. The molecule has 1 aromatic carbocycles. The first-order valence-corrected chi connectivity index (χ1v) is 4.64. The second kappa shape index (κ2) is 3.30. The van der Waals surface area contributed by atoms with Crippen LogP contribution < -0.4 is 5.73 Å². The second-order valence-corrected chi connectivity index (χ2v) is 3.54. The highest BCUT2D eigenvalue weighted by Gasteiger charge is 2.12. The Kier molecular flexibility index (Phi) is 2.15. The van der Waals surface area contributed by atoms with Gasteiger partial charge in [0.2, 0.25) is 0 Å². The van der Waals surface area contributed by atoms with Crippen LogP contribution in [0.2, 0.25) is 0 Å². The molecular formula is C11H13NO. The highest BCUT2D eigenvalue weighted by atomic mass is 16.1. The predicted octanol–water partition coefficient (Wildman–Crippen LogP) is 1.37. The van der Waals surface area contributed by atoms with Gasteiger partial charge in [-0.2, -0.15) is 0 Å². The molecule has 0 spiro atoms. The molecule has 0 heterocycles. The number of hydrogen-bond donors (Lipinski definition) is 1. The summed E-state index contributed by atoms with van der Waals surface area (Å²) < 4.78 is 0. The van der Waals surface area contributed by atoms with Crippen molar-refractivity contribution in [3.63, 3.8) is 0 Å². The minimum absolute atomic E-state index is 0.453. The average molecular weight is 175 g/mol. The maximum atomic E-state index is 10.5. The summed E-state index contributed by atoms with van der Waals surface area (Å²) in [5, 5.41) is 0. The minimum atomic E-state index is -0.453. The fourth-order valence-electron chi connectivity index (χ4n) is 1.88. The molecule has 0 radical (unpaired) electrons. The van der Waals surface area contributed by atoms with Crippen molar-refractivity contribution in [2.24, 2.45) is 5.73 Å². The molecule has 0 aromatic heterocycles. The molecule has 2 rings (SSSR count). The van der Waals surface area contributed by atoms with Gasteiger partial charge in [-0.3, -0.25) is 0 Å². The van der Waals surface area contributed by atoms with E-state index in [2.05, 4.69) is 12.1 Å². The zero-order valence-electron chi connectivity index (χ0n) is 7.49. The van der Waals surface area contributed by atoms with Crippen LogP contribution in [0.4, 0.5) is 0 Å². The van der Waals surface area contributed by atoms with Gasteiger partial charge in [0.15, 0.2) is 0 Å². The number of rotatable bonds is 2. The van der Waals surface area contributed by atoms with E-state index in [1.165, 1.54) is 24.0 Å². The summed E-state index contributed by atoms with van der Waals surface area (Å²) in [7, 11) is 0. The molecule has 1 unspecified atom stereocenters. The number of carbonyl (C=O) groups is 1. The second-order valence-electron chi connectivity index (χ2n) is 3.54. The van der Waals surface area contributed by atoms with Crippen LogP contribution in [0.3, 0.4) is 0 Å². The summed E-state index contributed by atoms with van der Waals surface area (Å²) in [6.45, 7) is 0. The molecule has 13 heavy (non-hydrogen) atoms. The van der Waals surface area contributed by atoms with Crippen LogP contribution in [-0.2, 0) is 17.6 Å². The van der Waals surface area contributed by atoms with Crippen LogP contribution in [0.25, 0.3) is 0 Å². The number of aryl methyl sites for hydroxylation is 2. The Hall–Kier alpha value is -1.15. The molecule has 0 amide bonds. The van der Waals surface area contributed by atoms with Gasteiger partial charge in [0.1, 0.15) is 6.29 Å². The van der Waals surface area contributed by atoms with E-state index in [0.29, 0.717) is 0 Å². The van der Waals surface area contributed by atoms with E-state index >= 15 is 0 Å². The van der Waals surface area contributed by atoms with Crippen molar-refractivity contribution < 1.29 is 4.79 Å². The summed E-state index contributed by atoms with van der Waals surface area (Å²) in [5.41, 5.74) is 9.35. The maximum absolute atomic E-state index is 10.5. The number of benzene rings is 1. The Morgan fingerprint density at radius 1 is 1.31 bits per heavy atom. The van der Waals surface area contributed by atoms with E-state index in [-0.39, 0.29) is 0 Å². The van der Waals surface area contributed by atoms with Gasteiger partial charge in [0.25, 0.3) is 0 Å². The van der Waals surface area contributed by atoms with Gasteiger partial charge in [-0.25, -0.2) is 0 Å². The molecule has 2 heteroatoms. The third kappa shape index (κ3) is 1.49. The van der Waals surface area contributed by atoms with E-state index in [1.807, 2.05) is 6.07 Å². The first-order valence-electron chi connectivity index (χ1n) is 4.64. The monoisotopic (exact) mass is 175 g/mol. The smallest absolute Gasteiger partial charge is 0.141 e. The molecule has 0 aliphatic heterocycles. The fraction of sp³-hybridized carbons (Fsp3) is 0.364. The average Bonchev–Trinajstić information content (AvgIpc) is 2.63. The number of nitrogens with two attached hydrogens (primary N) is 1. The number of carbonyl (C=O) groups excluding carboxylic acids is 1. The lowest BCUT2D eigenvalue weighted by molar-refractivity contribution is -0.109. The first-order chi connectivity index (χ1) is 6.31. The molecule has 0 saturated carbocycles. The standard InChI is InChI=1S/C11H13NO/c12-11(7-13)10-5-4-8-2-1-3-9(8)6-10/h4-7,11H,1-3,12H2. The van der Waals surface area contributed by atoms with Crippen LogP contribution in [0, 0.1) is 0 Å². The quantitative estimate of drug-likeness (QED) is 0.690. The van der Waals surface area contributed by atoms with Gasteiger partial charge < -0.3 is 10.5 Å². The molecule has 1 aliphatic carbocycles. The zero-order chi connectivity index (χ0) is 9.26. The molecule has 0 saturated heterocycles. The van der Waals surface area contributed by atoms with Crippen molar-refractivity contribution in [2.45, 2.75) is 25.3 Å². The Morgan fingerprint density at radius 2 is 2.08 bits per heavy atom. The van der Waals surface area contributed by atoms with Gasteiger partial charge in [0.05, 0.1) is 6.04 Å². The van der Waals surface area contributed by atoms with Gasteiger partial charge in [-0.1, -0.05) is 18.2 Å². The predicted molar refractivity (Wildman–Crippen MR) is 51.5 cm³/mol. The SMILES string of the molecule is NC(C=O)c1ccc2c(c1)CCC2. The van der Waals surface area contributed by atoms with E-state index in [1.54, 1.807) is 0 Å². The van der Waals surface area contributed by atoms with Crippen LogP contribution in [0.5, 0.6) is 0 Å². The Morgan fingerprint density at radius 3 is 2.85 bits per heavy atom. The summed E-state index contributed by atoms with van der Waals surface area (Å²) in [4.78, 5) is 10.5. The van der Waals surface area contributed by atoms with Gasteiger partial charge in [-0.05, 0) is 36.0 Å². The van der Waals surface area contributed by atoms with Crippen LogP contribution in [0.1, 0.15) is 29.2 Å². The van der Waals surface area contributed by atoms with Crippen molar-refractivity contribution in [3.05, 3.63) is 34.9 Å². The Balaban J connectivity index is 2.35. The van der Waals surface area contributed by atoms with Crippen molar-refractivity contribution in [1.29, 1.82) is 0 Å². The van der Waals surface area contributed by atoms with Crippen molar-refractivity contribution in [1.82, 2.24) is 0 Å². The fourth-order valence-corrected chi connectivity index (χ4v) is 1.88. The Bertz CT molecular complexity index is 333. The van der Waals surface area contributed by atoms with Crippen LogP contribution >= 0.6 is 0 Å². The lowest BCUT2D eigenvalue weighted by atomic mass is 10.0. The highest BCUT2D eigenvalue weighted by Crippen LogP contribution is 2.24. The largest absolute Gasteiger partial charge is 0.318 e. The molecule has 68 valence electrons. The summed E-state index contributed by atoms with van der Waals surface area (Å²) >= 11 is 0. The van der Waals surface area contributed by atoms with E-state index in [9.17, 15) is 4.79 Å². The molecule has 0 bridgehead atoms. The third-order valence-corrected chi connectivity index (χ3v) is 2.65. The first kappa shape index (κ1) is 8.45. The van der Waals surface area contributed by atoms with Crippen LogP contribution in [-0.4, -0.2) is 6.29 Å². The summed E-state index contributed by atoms with van der Waals surface area (Å²) in [6.07, 6.45) is 4.33. The van der Waals surface area contributed by atoms with Crippen LogP contribution in [0.15, 0.2) is 18.2 Å². The van der Waals surface area contributed by atoms with Gasteiger partial charge in [0, 0.05) is 0 Å². The van der Waals surface area contributed by atoms with Crippen molar-refractivity contribution in [3.8, 4) is 0 Å². The molecule has 0 fully saturated rings. The molecule has 1 aliphatic rings. The lowest BCUT2D eigenvalue weighted by Gasteiger charge is -2.06. The normalized spacial score (nSPS) is 16.7. The summed E-state index contributed by atoms with van der Waals surface area (Å²) in [6, 6.07) is 5.68. The maximum Gasteiger partial charge on any atom is 0.141 e. The van der Waals surface area contributed by atoms with E-state index in [4.69, 9.17) is 5.73 Å². The van der Waals surface area contributed by atoms with Crippen molar-refractivity contribution >= 4 is 6.29 Å². The minimum Gasteiger partial charge on any atom is -0.318 e. The lowest BCUT2D eigenvalue weighted by Crippen LogP contribution is -2.11. The third-order valence-electron chi connectivity index (χ3n) is 2.65. The molecule has 1 atom stereocenters. The molecule has 2 nitrogen and oxygen atoms in total. The van der Waals surface area contributed by atoms with E-state index in [0.717, 1.165) is 18.3 Å². The zero-order valence-corrected chi connectivity index (χ0v) is 7.49. The molecule has 2 N–H and O–H groups in total. The number of hydrogen-bond acceptors (Lipinski definition) is 2. The molecular weight excluding hydrogens is 162 g/mol. The highest BCUT2D eigenvalue weighted by molar-refractivity contribution is 5.61.